The maximum absolute atomic E-state index is 12.8. The van der Waals surface area contributed by atoms with Crippen molar-refractivity contribution in [2.75, 3.05) is 13.2 Å². The first-order chi connectivity index (χ1) is 34.9. The van der Waals surface area contributed by atoms with Gasteiger partial charge in [-0.1, -0.05) is 17.7 Å². The summed E-state index contributed by atoms with van der Waals surface area (Å²) in [5.41, 5.74) is 0.675. The van der Waals surface area contributed by atoms with E-state index in [9.17, 15) is 102 Å². The zero-order valence-corrected chi connectivity index (χ0v) is 41.9. The van der Waals surface area contributed by atoms with Gasteiger partial charge in [-0.05, 0) is 19.1 Å². The van der Waals surface area contributed by atoms with Gasteiger partial charge in [0.05, 0.1) is 13.2 Å². The van der Waals surface area contributed by atoms with Gasteiger partial charge in [0.25, 0.3) is 0 Å². The highest BCUT2D eigenvalue weighted by atomic mass is 32.3. The molecule has 5 rings (SSSR count). The van der Waals surface area contributed by atoms with Gasteiger partial charge in [0.2, 0.25) is 18.1 Å². The molecule has 4 aliphatic rings. The van der Waals surface area contributed by atoms with Crippen LogP contribution < -0.4 is 15.4 Å². The first-order valence-corrected chi connectivity index (χ1v) is 26.7. The summed E-state index contributed by atoms with van der Waals surface area (Å²) in [6.07, 6.45) is -45.2. The fourth-order valence-electron chi connectivity index (χ4n) is 7.87. The van der Waals surface area contributed by atoms with E-state index in [1.54, 1.807) is 6.92 Å². The van der Waals surface area contributed by atoms with Crippen LogP contribution in [-0.4, -0.2) is 247 Å². The number of rotatable bonds is 22. The van der Waals surface area contributed by atoms with Crippen LogP contribution in [0.1, 0.15) is 19.4 Å². The Kier molecular flexibility index (Phi) is 20.6. The number of hydrogen-bond acceptors (Lipinski definition) is 29. The second kappa shape index (κ2) is 24.9. The third-order valence-electron chi connectivity index (χ3n) is 11.0. The standard InChI is InChI=1S/C35H50N2O35S4/c1-10-4-6-13(7-5-10)63-34-26(71-75(55,56)57)21(43)24(28(69-34)30(45)46)68-33-17(37-12(3)39)20(42)23(15(65-33)9-62-74(52,53)54)66-35-27(72-76(58,59)60)22(44)25(29(70-35)31(47)48)67-32-16(36-11(2)38)19(41)18(40)14(64-32)8-61-73(49,50)51/h4-7,14-29,32-35,40-44H,8-9H2,1-3H3,(H,36,38)(H,37,39)(H,45,46)(H,47,48)(H,49,50,51)(H,52,53,54)(H,55,56,57)(H,58,59,60)/t14?,15?,16?,17?,18-,19-,20-,21+,22+,23-,24+,25+,26?,27?,28?,29?,32-,33-,34-,35-/m1/s1. The molecular weight excluding hydrogens is 1140 g/mol. The van der Waals surface area contributed by atoms with Gasteiger partial charge >= 0.3 is 53.5 Å². The molecule has 0 saturated carbocycles. The van der Waals surface area contributed by atoms with Gasteiger partial charge in [-0.2, -0.15) is 33.7 Å². The summed E-state index contributed by atoms with van der Waals surface area (Å²) < 4.78 is 195. The highest BCUT2D eigenvalue weighted by Crippen LogP contribution is 2.37. The van der Waals surface area contributed by atoms with Gasteiger partial charge in [0, 0.05) is 13.8 Å². The van der Waals surface area contributed by atoms with E-state index in [0.29, 0.717) is 5.56 Å². The van der Waals surface area contributed by atoms with Crippen molar-refractivity contribution in [1.82, 2.24) is 10.6 Å². The van der Waals surface area contributed by atoms with Crippen LogP contribution in [0.3, 0.4) is 0 Å². The van der Waals surface area contributed by atoms with Crippen LogP contribution in [0.4, 0.5) is 0 Å². The molecule has 4 heterocycles. The molecule has 434 valence electrons. The van der Waals surface area contributed by atoms with Gasteiger partial charge in [0.15, 0.2) is 43.3 Å². The molecule has 0 radical (unpaired) electrons. The summed E-state index contributed by atoms with van der Waals surface area (Å²) in [6, 6.07) is 1.28. The Hall–Kier alpha value is -4.10. The summed E-state index contributed by atoms with van der Waals surface area (Å²) in [4.78, 5) is 50.3. The molecule has 4 aliphatic heterocycles. The summed E-state index contributed by atoms with van der Waals surface area (Å²) in [6.45, 7) is 0.375. The molecule has 4 saturated heterocycles. The Labute approximate surface area is 428 Å². The predicted octanol–water partition coefficient (Wildman–Crippen LogP) is -7.57. The fourth-order valence-corrected chi connectivity index (χ4v) is 9.45. The Morgan fingerprint density at radius 1 is 0.500 bits per heavy atom. The number of ether oxygens (including phenoxy) is 8. The van der Waals surface area contributed by atoms with E-state index in [1.807, 2.05) is 0 Å². The number of aryl methyl sites for hydroxylation is 1. The van der Waals surface area contributed by atoms with Crippen molar-refractivity contribution in [3.8, 4) is 5.75 Å². The van der Waals surface area contributed by atoms with Crippen molar-refractivity contribution in [2.45, 2.75) is 143 Å². The molecule has 0 spiro atoms. The van der Waals surface area contributed by atoms with Gasteiger partial charge in [-0.15, -0.1) is 0 Å². The number of nitrogens with one attached hydrogen (secondary N) is 2. The van der Waals surface area contributed by atoms with Crippen molar-refractivity contribution in [1.29, 1.82) is 0 Å². The number of carbonyl (C=O) groups excluding carboxylic acids is 2. The fraction of sp³-hybridized carbons (Fsp3) is 0.714. The molecule has 1 aromatic carbocycles. The Morgan fingerprint density at radius 3 is 1.32 bits per heavy atom. The van der Waals surface area contributed by atoms with Crippen molar-refractivity contribution < 1.29 is 161 Å². The van der Waals surface area contributed by atoms with Gasteiger partial charge in [-0.25, -0.2) is 26.3 Å². The van der Waals surface area contributed by atoms with Crippen LogP contribution in [0.25, 0.3) is 0 Å². The van der Waals surface area contributed by atoms with Crippen LogP contribution in [0.5, 0.6) is 5.75 Å². The quantitative estimate of drug-likeness (QED) is 0.0480. The third-order valence-corrected chi connectivity index (χ3v) is 12.8. The minimum Gasteiger partial charge on any atom is -0.479 e. The number of aliphatic hydroxyl groups is 5. The smallest absolute Gasteiger partial charge is 0.397 e. The summed E-state index contributed by atoms with van der Waals surface area (Å²) in [7, 11) is -22.4. The first-order valence-electron chi connectivity index (χ1n) is 21.2. The monoisotopic (exact) mass is 1190 g/mol. The van der Waals surface area contributed by atoms with Crippen molar-refractivity contribution in [2.24, 2.45) is 0 Å². The largest absolute Gasteiger partial charge is 0.479 e. The van der Waals surface area contributed by atoms with E-state index in [1.165, 1.54) is 24.3 Å². The normalized spacial score (nSPS) is 36.6. The molecule has 41 heteroatoms. The maximum Gasteiger partial charge on any atom is 0.397 e. The zero-order valence-electron chi connectivity index (χ0n) is 38.6. The molecule has 4 fully saturated rings. The van der Waals surface area contributed by atoms with E-state index in [-0.39, 0.29) is 5.75 Å². The topological polar surface area (TPSA) is 562 Å². The number of carboxylic acid groups (broad SMARTS) is 2. The lowest BCUT2D eigenvalue weighted by Gasteiger charge is -2.50. The highest BCUT2D eigenvalue weighted by Gasteiger charge is 2.59. The maximum atomic E-state index is 12.8. The molecule has 76 heavy (non-hydrogen) atoms. The van der Waals surface area contributed by atoms with Crippen molar-refractivity contribution in [3.63, 3.8) is 0 Å². The molecule has 37 nitrogen and oxygen atoms in total. The van der Waals surface area contributed by atoms with E-state index >= 15 is 0 Å². The van der Waals surface area contributed by atoms with E-state index < -0.39 is 201 Å². The molecule has 2 amide bonds. The molecule has 1 aromatic rings. The summed E-state index contributed by atoms with van der Waals surface area (Å²) >= 11 is 0. The number of aliphatic carboxylic acids is 2. The molecule has 8 unspecified atom stereocenters. The lowest BCUT2D eigenvalue weighted by Crippen LogP contribution is -2.71. The number of aliphatic hydroxyl groups excluding tert-OH is 5. The van der Waals surface area contributed by atoms with Crippen LogP contribution >= 0.6 is 0 Å². The lowest BCUT2D eigenvalue weighted by molar-refractivity contribution is -0.366. The zero-order chi connectivity index (χ0) is 57.2. The number of hydrogen-bond donors (Lipinski definition) is 13. The van der Waals surface area contributed by atoms with Crippen LogP contribution in [0.15, 0.2) is 24.3 Å². The van der Waals surface area contributed by atoms with Crippen molar-refractivity contribution in [3.05, 3.63) is 29.8 Å². The second-order valence-electron chi connectivity index (χ2n) is 16.7. The number of benzene rings is 1. The molecule has 20 atom stereocenters. The minimum absolute atomic E-state index is 0.140. The number of carboxylic acids is 2. The SMILES string of the molecule is CC(=O)NC1[C@@H](O[C@@H]2C(C(=O)O)O[C@@H](O[C@@H]3C(COS(=O)(=O)O)O[C@H](O[C@@H]4C(C(=O)O)O[C@@H](Oc5ccc(C)cc5)C(OS(=O)(=O)O)[C@H]4O)C(NC(C)=O)[C@H]3O)C(OS(=O)(=O)O)[C@H]2O)OC(COS(=O)(=O)O)[C@@H](O)[C@@H]1O. The summed E-state index contributed by atoms with van der Waals surface area (Å²) in [5, 5.41) is 81.2. The Balaban J connectivity index is 1.53. The van der Waals surface area contributed by atoms with E-state index in [2.05, 4.69) is 27.4 Å². The Morgan fingerprint density at radius 2 is 0.895 bits per heavy atom. The Bertz CT molecular complexity index is 2680. The van der Waals surface area contributed by atoms with Gasteiger partial charge in [-0.3, -0.25) is 27.8 Å². The highest BCUT2D eigenvalue weighted by molar-refractivity contribution is 7.81. The second-order valence-corrected chi connectivity index (χ2v) is 20.9. The predicted molar refractivity (Wildman–Crippen MR) is 229 cm³/mol. The lowest BCUT2D eigenvalue weighted by atomic mass is 9.94. The summed E-state index contributed by atoms with van der Waals surface area (Å²) in [5.74, 6) is -6.50. The van der Waals surface area contributed by atoms with Gasteiger partial charge < -0.3 is 84.3 Å². The van der Waals surface area contributed by atoms with Gasteiger partial charge in [0.1, 0.15) is 78.9 Å². The molecule has 0 aromatic heterocycles. The first kappa shape index (κ1) is 62.7. The molecule has 13 N–H and O–H groups in total. The van der Waals surface area contributed by atoms with Crippen LogP contribution in [-0.2, 0) is 111 Å². The minimum atomic E-state index is -5.91. The molecule has 0 aliphatic carbocycles. The molecule has 0 bridgehead atoms. The molecular formula is C35H50N2O35S4. The third kappa shape index (κ3) is 17.0. The van der Waals surface area contributed by atoms with E-state index in [4.69, 9.17) is 42.4 Å². The van der Waals surface area contributed by atoms with Crippen molar-refractivity contribution >= 4 is 65.3 Å². The van der Waals surface area contributed by atoms with Crippen LogP contribution in [0.2, 0.25) is 0 Å². The van der Waals surface area contributed by atoms with Crippen LogP contribution in [0, 0.1) is 6.92 Å². The van der Waals surface area contributed by atoms with E-state index in [0.717, 1.165) is 13.8 Å². The number of amides is 2. The number of carbonyl (C=O) groups is 4. The average Bonchev–Trinajstić information content (AvgIpc) is 3.27. The average molecular weight is 1190 g/mol.